The fraction of sp³-hybridized carbons (Fsp3) is 0.231. The lowest BCUT2D eigenvalue weighted by atomic mass is 10.1. The van der Waals surface area contributed by atoms with E-state index in [1.807, 2.05) is 0 Å². The van der Waals surface area contributed by atoms with E-state index in [-0.39, 0.29) is 23.6 Å². The highest BCUT2D eigenvalue weighted by Gasteiger charge is 2.11. The molecule has 1 rings (SSSR count). The summed E-state index contributed by atoms with van der Waals surface area (Å²) in [5.74, 6) is 3.41. The molecular formula is C13H13FN2O3. The van der Waals surface area contributed by atoms with Crippen LogP contribution >= 0.6 is 0 Å². The molecule has 1 aromatic rings. The molecule has 0 saturated carbocycles. The van der Waals surface area contributed by atoms with Gasteiger partial charge in [-0.3, -0.25) is 9.59 Å². The summed E-state index contributed by atoms with van der Waals surface area (Å²) in [6.07, 6.45) is 0. The van der Waals surface area contributed by atoms with Crippen LogP contribution in [0.3, 0.4) is 0 Å². The van der Waals surface area contributed by atoms with E-state index in [0.29, 0.717) is 0 Å². The summed E-state index contributed by atoms with van der Waals surface area (Å²) in [6, 6.07) is 3.49. The monoisotopic (exact) mass is 264 g/mol. The van der Waals surface area contributed by atoms with Crippen molar-refractivity contribution in [1.82, 2.24) is 10.6 Å². The molecule has 0 radical (unpaired) electrons. The number of aliphatic hydroxyl groups excluding tert-OH is 1. The molecule has 1 aromatic carbocycles. The molecule has 2 amide bonds. The highest BCUT2D eigenvalue weighted by atomic mass is 19.1. The van der Waals surface area contributed by atoms with Crippen molar-refractivity contribution < 1.29 is 19.1 Å². The number of carbonyl (C=O) groups excluding carboxylic acids is 2. The fourth-order valence-electron chi connectivity index (χ4n) is 1.30. The predicted molar refractivity (Wildman–Crippen MR) is 66.8 cm³/mol. The molecular weight excluding hydrogens is 251 g/mol. The van der Waals surface area contributed by atoms with Crippen molar-refractivity contribution >= 4 is 11.8 Å². The molecule has 6 heteroatoms. The summed E-state index contributed by atoms with van der Waals surface area (Å²) in [5.41, 5.74) is 0.301. The molecule has 0 spiro atoms. The van der Waals surface area contributed by atoms with Crippen LogP contribution in [0.25, 0.3) is 0 Å². The van der Waals surface area contributed by atoms with E-state index < -0.39 is 18.3 Å². The maximum Gasteiger partial charge on any atom is 0.252 e. The molecule has 0 bridgehead atoms. The first-order valence-corrected chi connectivity index (χ1v) is 5.46. The van der Waals surface area contributed by atoms with Crippen LogP contribution in [-0.4, -0.2) is 37.1 Å². The van der Waals surface area contributed by atoms with Gasteiger partial charge in [0, 0.05) is 12.6 Å². The van der Waals surface area contributed by atoms with Gasteiger partial charge in [0.05, 0.1) is 12.1 Å². The number of likely N-dealkylation sites (N-methyl/N-ethyl adjacent to an activating group) is 1. The summed E-state index contributed by atoms with van der Waals surface area (Å²) in [7, 11) is 1.45. The topological polar surface area (TPSA) is 78.4 Å². The quantitative estimate of drug-likeness (QED) is 0.653. The van der Waals surface area contributed by atoms with Crippen molar-refractivity contribution in [3.8, 4) is 11.8 Å². The fourth-order valence-corrected chi connectivity index (χ4v) is 1.30. The van der Waals surface area contributed by atoms with Crippen LogP contribution in [0, 0.1) is 17.7 Å². The molecule has 0 saturated heterocycles. The Labute approximate surface area is 109 Å². The molecule has 5 nitrogen and oxygen atoms in total. The number of aliphatic hydroxyl groups is 1. The van der Waals surface area contributed by atoms with E-state index in [4.69, 9.17) is 5.11 Å². The van der Waals surface area contributed by atoms with Gasteiger partial charge < -0.3 is 15.7 Å². The van der Waals surface area contributed by atoms with Gasteiger partial charge in [0.2, 0.25) is 5.91 Å². The van der Waals surface area contributed by atoms with Crippen molar-refractivity contribution in [3.63, 3.8) is 0 Å². The average molecular weight is 264 g/mol. The van der Waals surface area contributed by atoms with Crippen molar-refractivity contribution in [1.29, 1.82) is 0 Å². The number of halogens is 1. The van der Waals surface area contributed by atoms with Gasteiger partial charge in [-0.25, -0.2) is 4.39 Å². The second kappa shape index (κ2) is 7.13. The molecule has 0 aliphatic carbocycles. The van der Waals surface area contributed by atoms with Crippen molar-refractivity contribution in [2.45, 2.75) is 0 Å². The van der Waals surface area contributed by atoms with Crippen LogP contribution < -0.4 is 10.6 Å². The second-order valence-corrected chi connectivity index (χ2v) is 3.51. The van der Waals surface area contributed by atoms with Gasteiger partial charge >= 0.3 is 0 Å². The average Bonchev–Trinajstić information content (AvgIpc) is 2.42. The van der Waals surface area contributed by atoms with Crippen molar-refractivity contribution in [2.75, 3.05) is 20.2 Å². The molecule has 0 fully saturated rings. The van der Waals surface area contributed by atoms with E-state index in [2.05, 4.69) is 22.5 Å². The number of carbonyl (C=O) groups is 2. The molecule has 0 unspecified atom stereocenters. The normalized spacial score (nSPS) is 9.21. The first-order chi connectivity index (χ1) is 9.08. The minimum atomic E-state index is -0.537. The van der Waals surface area contributed by atoms with Crippen LogP contribution in [0.2, 0.25) is 0 Å². The summed E-state index contributed by atoms with van der Waals surface area (Å²) in [5, 5.41) is 13.4. The first kappa shape index (κ1) is 14.7. The summed E-state index contributed by atoms with van der Waals surface area (Å²) in [4.78, 5) is 22.8. The molecule has 0 aliphatic heterocycles. The molecule has 19 heavy (non-hydrogen) atoms. The van der Waals surface area contributed by atoms with Crippen LogP contribution in [0.4, 0.5) is 4.39 Å². The summed E-state index contributed by atoms with van der Waals surface area (Å²) in [6.45, 7) is -0.574. The summed E-state index contributed by atoms with van der Waals surface area (Å²) >= 11 is 0. The van der Waals surface area contributed by atoms with Crippen LogP contribution in [-0.2, 0) is 4.79 Å². The van der Waals surface area contributed by atoms with E-state index in [1.165, 1.54) is 13.1 Å². The minimum absolute atomic E-state index is 0.145. The number of hydrogen-bond acceptors (Lipinski definition) is 3. The maximum atomic E-state index is 13.1. The number of hydrogen-bond donors (Lipinski definition) is 3. The van der Waals surface area contributed by atoms with Crippen LogP contribution in [0.5, 0.6) is 0 Å². The number of rotatable bonds is 3. The van der Waals surface area contributed by atoms with Gasteiger partial charge in [0.15, 0.2) is 0 Å². The highest BCUT2D eigenvalue weighted by Crippen LogP contribution is 2.10. The van der Waals surface area contributed by atoms with Gasteiger partial charge in [-0.1, -0.05) is 11.8 Å². The maximum absolute atomic E-state index is 13.1. The van der Waals surface area contributed by atoms with Gasteiger partial charge in [-0.15, -0.1) is 0 Å². The summed E-state index contributed by atoms with van der Waals surface area (Å²) < 4.78 is 13.1. The predicted octanol–water partition coefficient (Wildman–Crippen LogP) is -0.355. The van der Waals surface area contributed by atoms with Crippen molar-refractivity contribution in [2.24, 2.45) is 0 Å². The lowest BCUT2D eigenvalue weighted by Gasteiger charge is -2.06. The lowest BCUT2D eigenvalue weighted by molar-refractivity contribution is -0.119. The zero-order valence-electron chi connectivity index (χ0n) is 10.3. The number of amides is 2. The van der Waals surface area contributed by atoms with E-state index in [0.717, 1.165) is 12.1 Å². The molecule has 0 aromatic heterocycles. The SMILES string of the molecule is CNC(=O)CNC(=O)c1ccc(F)cc1C#CCO. The third-order valence-corrected chi connectivity index (χ3v) is 2.22. The Morgan fingerprint density at radius 1 is 1.42 bits per heavy atom. The van der Waals surface area contributed by atoms with Gasteiger partial charge in [0.25, 0.3) is 5.91 Å². The Bertz CT molecular complexity index is 547. The Balaban J connectivity index is 2.92. The number of nitrogens with one attached hydrogen (secondary N) is 2. The minimum Gasteiger partial charge on any atom is -0.384 e. The zero-order valence-corrected chi connectivity index (χ0v) is 10.3. The Morgan fingerprint density at radius 2 is 2.16 bits per heavy atom. The van der Waals surface area contributed by atoms with Gasteiger partial charge in [-0.2, -0.15) is 0 Å². The highest BCUT2D eigenvalue weighted by molar-refractivity contribution is 5.98. The smallest absolute Gasteiger partial charge is 0.252 e. The Hall–Kier alpha value is -2.39. The van der Waals surface area contributed by atoms with E-state index >= 15 is 0 Å². The van der Waals surface area contributed by atoms with E-state index in [1.54, 1.807) is 0 Å². The van der Waals surface area contributed by atoms with Gasteiger partial charge in [0.1, 0.15) is 12.4 Å². The van der Waals surface area contributed by atoms with Crippen molar-refractivity contribution in [3.05, 3.63) is 35.1 Å². The zero-order chi connectivity index (χ0) is 14.3. The Morgan fingerprint density at radius 3 is 2.79 bits per heavy atom. The number of benzene rings is 1. The first-order valence-electron chi connectivity index (χ1n) is 5.46. The third-order valence-electron chi connectivity index (χ3n) is 2.22. The van der Waals surface area contributed by atoms with Crippen LogP contribution in [0.1, 0.15) is 15.9 Å². The van der Waals surface area contributed by atoms with E-state index in [9.17, 15) is 14.0 Å². The molecule has 0 atom stereocenters. The molecule has 100 valence electrons. The third kappa shape index (κ3) is 4.41. The molecule has 0 aliphatic rings. The molecule has 0 heterocycles. The standard InChI is InChI=1S/C13H13FN2O3/c1-15-12(18)8-16-13(19)11-5-4-10(14)7-9(11)3-2-6-17/h4-5,7,17H,6,8H2,1H3,(H,15,18)(H,16,19). The second-order valence-electron chi connectivity index (χ2n) is 3.51. The van der Waals surface area contributed by atoms with Gasteiger partial charge in [-0.05, 0) is 18.2 Å². The lowest BCUT2D eigenvalue weighted by Crippen LogP contribution is -2.35. The largest absolute Gasteiger partial charge is 0.384 e. The molecule has 3 N–H and O–H groups in total. The van der Waals surface area contributed by atoms with Crippen LogP contribution in [0.15, 0.2) is 18.2 Å². The Kier molecular flexibility index (Phi) is 5.51.